The summed E-state index contributed by atoms with van der Waals surface area (Å²) in [6.45, 7) is 4.52. The van der Waals surface area contributed by atoms with Gasteiger partial charge in [0.05, 0.1) is 0 Å². The normalized spacial score (nSPS) is 16.9. The molecular formula is C13H21N3S. The lowest BCUT2D eigenvalue weighted by Gasteiger charge is -2.09. The first-order chi connectivity index (χ1) is 8.22. The summed E-state index contributed by atoms with van der Waals surface area (Å²) in [5, 5.41) is 4.24. The lowest BCUT2D eigenvalue weighted by atomic mass is 10.2. The molecular weight excluding hydrogens is 230 g/mol. The number of anilines is 1. The molecule has 0 aliphatic heterocycles. The fourth-order valence-electron chi connectivity index (χ4n) is 1.51. The van der Waals surface area contributed by atoms with Gasteiger partial charge in [0, 0.05) is 24.8 Å². The van der Waals surface area contributed by atoms with Crippen molar-refractivity contribution in [2.75, 3.05) is 18.1 Å². The van der Waals surface area contributed by atoms with Crippen molar-refractivity contribution in [3.63, 3.8) is 0 Å². The molecule has 0 aromatic carbocycles. The van der Waals surface area contributed by atoms with E-state index >= 15 is 0 Å². The minimum absolute atomic E-state index is 0.617. The summed E-state index contributed by atoms with van der Waals surface area (Å²) in [4.78, 5) is 9.19. The van der Waals surface area contributed by atoms with Crippen LogP contribution in [-0.2, 0) is 0 Å². The van der Waals surface area contributed by atoms with E-state index in [0.29, 0.717) is 5.92 Å². The van der Waals surface area contributed by atoms with E-state index in [0.717, 1.165) is 28.3 Å². The van der Waals surface area contributed by atoms with Crippen molar-refractivity contribution in [3.8, 4) is 0 Å². The Morgan fingerprint density at radius 1 is 1.47 bits per heavy atom. The van der Waals surface area contributed by atoms with Crippen LogP contribution in [0.3, 0.4) is 0 Å². The van der Waals surface area contributed by atoms with Crippen LogP contribution in [0.25, 0.3) is 0 Å². The first-order valence-corrected chi connectivity index (χ1v) is 7.41. The number of aromatic nitrogens is 2. The van der Waals surface area contributed by atoms with Crippen LogP contribution in [0.2, 0.25) is 0 Å². The highest BCUT2D eigenvalue weighted by Crippen LogP contribution is 2.39. The van der Waals surface area contributed by atoms with Crippen LogP contribution in [0.5, 0.6) is 0 Å². The van der Waals surface area contributed by atoms with Gasteiger partial charge in [-0.2, -0.15) is 0 Å². The molecule has 1 aromatic heterocycles. The Hall–Kier alpha value is -0.770. The summed E-state index contributed by atoms with van der Waals surface area (Å²) in [5.41, 5.74) is 0. The maximum atomic E-state index is 4.66. The molecule has 0 spiro atoms. The highest BCUT2D eigenvalue weighted by atomic mass is 32.2. The van der Waals surface area contributed by atoms with E-state index in [1.165, 1.54) is 19.3 Å². The monoisotopic (exact) mass is 251 g/mol. The zero-order valence-electron chi connectivity index (χ0n) is 10.9. The molecule has 1 aromatic rings. The topological polar surface area (TPSA) is 37.8 Å². The molecule has 0 amide bonds. The molecule has 0 bridgehead atoms. The second kappa shape index (κ2) is 5.71. The number of nitrogens with zero attached hydrogens (tertiary/aromatic N) is 2. The van der Waals surface area contributed by atoms with Crippen molar-refractivity contribution >= 4 is 17.6 Å². The van der Waals surface area contributed by atoms with Crippen LogP contribution in [0.15, 0.2) is 11.1 Å². The van der Waals surface area contributed by atoms with E-state index in [1.54, 1.807) is 0 Å². The number of hydrogen-bond donors (Lipinski definition) is 1. The number of hydrogen-bond acceptors (Lipinski definition) is 4. The molecule has 94 valence electrons. The van der Waals surface area contributed by atoms with Gasteiger partial charge in [0.25, 0.3) is 0 Å². The third-order valence-electron chi connectivity index (χ3n) is 3.13. The van der Waals surface area contributed by atoms with Gasteiger partial charge in [-0.3, -0.25) is 0 Å². The molecule has 0 radical (unpaired) electrons. The van der Waals surface area contributed by atoms with Crippen molar-refractivity contribution in [2.45, 2.75) is 44.1 Å². The average Bonchev–Trinajstić information content (AvgIpc) is 3.19. The van der Waals surface area contributed by atoms with Crippen LogP contribution >= 0.6 is 11.8 Å². The highest BCUT2D eigenvalue weighted by Gasteiger charge is 2.27. The zero-order chi connectivity index (χ0) is 12.3. The Labute approximate surface area is 108 Å². The van der Waals surface area contributed by atoms with Crippen LogP contribution in [0.4, 0.5) is 5.82 Å². The van der Waals surface area contributed by atoms with Crippen LogP contribution in [0, 0.1) is 5.92 Å². The van der Waals surface area contributed by atoms with Crippen molar-refractivity contribution < 1.29 is 0 Å². The van der Waals surface area contributed by atoms with E-state index in [1.807, 2.05) is 18.8 Å². The third kappa shape index (κ3) is 3.60. The van der Waals surface area contributed by atoms with Crippen LogP contribution in [0.1, 0.15) is 44.9 Å². The molecule has 1 saturated carbocycles. The summed E-state index contributed by atoms with van der Waals surface area (Å²) in [5.74, 6) is 4.49. The summed E-state index contributed by atoms with van der Waals surface area (Å²) in [6.07, 6.45) is 3.73. The van der Waals surface area contributed by atoms with E-state index in [-0.39, 0.29) is 0 Å². The fraction of sp³-hybridized carbons (Fsp3) is 0.692. The smallest absolute Gasteiger partial charge is 0.135 e. The van der Waals surface area contributed by atoms with E-state index < -0.39 is 0 Å². The lowest BCUT2D eigenvalue weighted by molar-refractivity contribution is 0.636. The quantitative estimate of drug-likeness (QED) is 0.620. The molecule has 0 saturated heterocycles. The van der Waals surface area contributed by atoms with E-state index in [9.17, 15) is 0 Å². The predicted octanol–water partition coefficient (Wildman–Crippen LogP) is 3.53. The Morgan fingerprint density at radius 3 is 2.82 bits per heavy atom. The molecule has 1 heterocycles. The van der Waals surface area contributed by atoms with Gasteiger partial charge in [0.15, 0.2) is 0 Å². The minimum atomic E-state index is 0.617. The summed E-state index contributed by atoms with van der Waals surface area (Å²) in [7, 11) is 1.92. The molecule has 1 aliphatic rings. The number of thioether (sulfide) groups is 1. The van der Waals surface area contributed by atoms with Gasteiger partial charge in [-0.05, 0) is 18.8 Å². The molecule has 4 heteroatoms. The first kappa shape index (κ1) is 12.7. The molecule has 1 N–H and O–H groups in total. The Morgan fingerprint density at radius 2 is 2.24 bits per heavy atom. The zero-order valence-corrected chi connectivity index (χ0v) is 11.7. The Bertz CT molecular complexity index is 377. The van der Waals surface area contributed by atoms with Gasteiger partial charge in [0.1, 0.15) is 16.7 Å². The predicted molar refractivity (Wildman–Crippen MR) is 73.7 cm³/mol. The van der Waals surface area contributed by atoms with E-state index in [4.69, 9.17) is 0 Å². The van der Waals surface area contributed by atoms with Crippen molar-refractivity contribution in [2.24, 2.45) is 5.92 Å². The third-order valence-corrected chi connectivity index (χ3v) is 4.37. The minimum Gasteiger partial charge on any atom is -0.373 e. The summed E-state index contributed by atoms with van der Waals surface area (Å²) >= 11 is 1.85. The van der Waals surface area contributed by atoms with Gasteiger partial charge in [-0.25, -0.2) is 9.97 Å². The van der Waals surface area contributed by atoms with Crippen molar-refractivity contribution in [3.05, 3.63) is 11.9 Å². The number of rotatable bonds is 6. The molecule has 1 fully saturated rings. The van der Waals surface area contributed by atoms with Crippen LogP contribution < -0.4 is 5.32 Å². The molecule has 2 rings (SSSR count). The Balaban J connectivity index is 2.06. The van der Waals surface area contributed by atoms with Crippen molar-refractivity contribution in [1.29, 1.82) is 0 Å². The van der Waals surface area contributed by atoms with Gasteiger partial charge < -0.3 is 5.32 Å². The second-order valence-electron chi connectivity index (χ2n) is 4.80. The SMILES string of the molecule is CCC(C)CSc1cc(NC)nc(C2CC2)n1. The van der Waals surface area contributed by atoms with Crippen LogP contribution in [-0.4, -0.2) is 22.8 Å². The summed E-state index contributed by atoms with van der Waals surface area (Å²) < 4.78 is 0. The van der Waals surface area contributed by atoms with Gasteiger partial charge in [0.2, 0.25) is 0 Å². The largest absolute Gasteiger partial charge is 0.373 e. The highest BCUT2D eigenvalue weighted by molar-refractivity contribution is 7.99. The van der Waals surface area contributed by atoms with Gasteiger partial charge >= 0.3 is 0 Å². The molecule has 1 unspecified atom stereocenters. The van der Waals surface area contributed by atoms with Gasteiger partial charge in [-0.1, -0.05) is 20.3 Å². The van der Waals surface area contributed by atoms with E-state index in [2.05, 4.69) is 35.2 Å². The molecule has 3 nitrogen and oxygen atoms in total. The Kier molecular flexibility index (Phi) is 4.26. The first-order valence-electron chi connectivity index (χ1n) is 6.42. The van der Waals surface area contributed by atoms with Gasteiger partial charge in [-0.15, -0.1) is 11.8 Å². The second-order valence-corrected chi connectivity index (χ2v) is 5.84. The maximum absolute atomic E-state index is 4.66. The molecule has 1 atom stereocenters. The standard InChI is InChI=1S/C13H21N3S/c1-4-9(2)8-17-12-7-11(14-3)15-13(16-12)10-5-6-10/h7,9-10H,4-6,8H2,1-3H3,(H,14,15,16). The summed E-state index contributed by atoms with van der Waals surface area (Å²) in [6, 6.07) is 2.05. The van der Waals surface area contributed by atoms with Crippen molar-refractivity contribution in [1.82, 2.24) is 9.97 Å². The number of nitrogens with one attached hydrogen (secondary N) is 1. The molecule has 17 heavy (non-hydrogen) atoms. The lowest BCUT2D eigenvalue weighted by Crippen LogP contribution is -2.02. The molecule has 1 aliphatic carbocycles. The average molecular weight is 251 g/mol. The maximum Gasteiger partial charge on any atom is 0.135 e. The fourth-order valence-corrected chi connectivity index (χ4v) is 2.56.